The number of hydrogen-bond donors (Lipinski definition) is 2. The molecule has 0 unspecified atom stereocenters. The number of anilines is 1. The SMILES string of the molecule is NC(=O)n1nc(-c2ccc(I)cc2)c2c1NCCCC2. The molecule has 0 spiro atoms. The molecule has 0 fully saturated rings. The first kappa shape index (κ1) is 13.4. The minimum absolute atomic E-state index is 0.549. The van der Waals surface area contributed by atoms with Crippen molar-refractivity contribution in [2.75, 3.05) is 11.9 Å². The van der Waals surface area contributed by atoms with E-state index < -0.39 is 6.03 Å². The van der Waals surface area contributed by atoms with Crippen LogP contribution in [0.1, 0.15) is 18.4 Å². The van der Waals surface area contributed by atoms with Crippen molar-refractivity contribution in [2.45, 2.75) is 19.3 Å². The zero-order valence-corrected chi connectivity index (χ0v) is 13.1. The molecule has 1 aromatic carbocycles. The number of fused-ring (bicyclic) bond motifs is 1. The average molecular weight is 382 g/mol. The van der Waals surface area contributed by atoms with Gasteiger partial charge in [-0.25, -0.2) is 4.79 Å². The molecule has 3 N–H and O–H groups in total. The highest BCUT2D eigenvalue weighted by atomic mass is 127. The van der Waals surface area contributed by atoms with E-state index in [1.165, 1.54) is 8.25 Å². The fourth-order valence-corrected chi connectivity index (χ4v) is 2.86. The van der Waals surface area contributed by atoms with Gasteiger partial charge in [0.15, 0.2) is 0 Å². The molecule has 0 radical (unpaired) electrons. The van der Waals surface area contributed by atoms with E-state index in [4.69, 9.17) is 5.73 Å². The minimum Gasteiger partial charge on any atom is -0.370 e. The van der Waals surface area contributed by atoms with Crippen molar-refractivity contribution in [3.8, 4) is 11.3 Å². The normalized spacial score (nSPS) is 14.2. The number of aromatic nitrogens is 2. The third-order valence-electron chi connectivity index (χ3n) is 3.46. The standard InChI is InChI=1S/C14H15IN4O/c15-10-6-4-9(5-7-10)12-11-3-1-2-8-17-13(11)19(18-12)14(16)20/h4-7,17H,1-3,8H2,(H2,16,20). The summed E-state index contributed by atoms with van der Waals surface area (Å²) >= 11 is 2.27. The lowest BCUT2D eigenvalue weighted by Gasteiger charge is -2.04. The van der Waals surface area contributed by atoms with E-state index in [2.05, 4.69) is 33.0 Å². The summed E-state index contributed by atoms with van der Waals surface area (Å²) in [6.07, 6.45) is 3.08. The van der Waals surface area contributed by atoms with Crippen LogP contribution in [0, 0.1) is 3.57 Å². The minimum atomic E-state index is -0.549. The van der Waals surface area contributed by atoms with Gasteiger partial charge >= 0.3 is 6.03 Å². The molecule has 6 heteroatoms. The van der Waals surface area contributed by atoms with Crippen molar-refractivity contribution in [3.05, 3.63) is 33.4 Å². The number of primary amides is 1. The maximum atomic E-state index is 11.6. The molecule has 0 saturated carbocycles. The third-order valence-corrected chi connectivity index (χ3v) is 4.18. The quantitative estimate of drug-likeness (QED) is 0.745. The predicted molar refractivity (Wildman–Crippen MR) is 86.8 cm³/mol. The first-order valence-corrected chi connectivity index (χ1v) is 7.66. The lowest BCUT2D eigenvalue weighted by atomic mass is 10.0. The Morgan fingerprint density at radius 1 is 1.30 bits per heavy atom. The number of nitrogens with two attached hydrogens (primary N) is 1. The van der Waals surface area contributed by atoms with Crippen LogP contribution in [0.15, 0.2) is 24.3 Å². The molecule has 1 aliphatic heterocycles. The van der Waals surface area contributed by atoms with E-state index in [0.29, 0.717) is 0 Å². The van der Waals surface area contributed by atoms with Crippen molar-refractivity contribution in [3.63, 3.8) is 0 Å². The van der Waals surface area contributed by atoms with Gasteiger partial charge in [0.05, 0.1) is 5.69 Å². The number of rotatable bonds is 1. The van der Waals surface area contributed by atoms with Gasteiger partial charge < -0.3 is 11.1 Å². The summed E-state index contributed by atoms with van der Waals surface area (Å²) in [5, 5.41) is 7.68. The number of hydrogen-bond acceptors (Lipinski definition) is 3. The van der Waals surface area contributed by atoms with Crippen LogP contribution in [0.25, 0.3) is 11.3 Å². The van der Waals surface area contributed by atoms with Crippen LogP contribution in [-0.2, 0) is 6.42 Å². The zero-order valence-electron chi connectivity index (χ0n) is 10.9. The molecule has 0 saturated heterocycles. The second-order valence-corrected chi connectivity index (χ2v) is 6.06. The summed E-state index contributed by atoms with van der Waals surface area (Å²) in [6.45, 7) is 0.845. The van der Waals surface area contributed by atoms with Crippen LogP contribution < -0.4 is 11.1 Å². The highest BCUT2D eigenvalue weighted by Gasteiger charge is 2.22. The van der Waals surface area contributed by atoms with E-state index in [1.807, 2.05) is 24.3 Å². The maximum Gasteiger partial charge on any atom is 0.341 e. The number of halogens is 1. The van der Waals surface area contributed by atoms with Gasteiger partial charge in [0.2, 0.25) is 0 Å². The number of carbonyl (C=O) groups excluding carboxylic acids is 1. The summed E-state index contributed by atoms with van der Waals surface area (Å²) in [4.78, 5) is 11.6. The molecule has 0 aliphatic carbocycles. The summed E-state index contributed by atoms with van der Waals surface area (Å²) in [5.74, 6) is 0.753. The van der Waals surface area contributed by atoms with Crippen molar-refractivity contribution in [1.29, 1.82) is 0 Å². The van der Waals surface area contributed by atoms with Gasteiger partial charge in [-0.1, -0.05) is 12.1 Å². The molecule has 0 atom stereocenters. The van der Waals surface area contributed by atoms with E-state index in [9.17, 15) is 4.79 Å². The molecular formula is C14H15IN4O. The van der Waals surface area contributed by atoms with Gasteiger partial charge in [-0.15, -0.1) is 0 Å². The van der Waals surface area contributed by atoms with Crippen LogP contribution in [0.5, 0.6) is 0 Å². The van der Waals surface area contributed by atoms with Gasteiger partial charge in [-0.05, 0) is 54.0 Å². The Morgan fingerprint density at radius 3 is 2.75 bits per heavy atom. The molecule has 5 nitrogen and oxygen atoms in total. The van der Waals surface area contributed by atoms with Gasteiger partial charge in [0, 0.05) is 21.2 Å². The largest absolute Gasteiger partial charge is 0.370 e. The van der Waals surface area contributed by atoms with E-state index in [0.717, 1.165) is 48.4 Å². The van der Waals surface area contributed by atoms with Gasteiger partial charge in [-0.2, -0.15) is 9.78 Å². The highest BCUT2D eigenvalue weighted by molar-refractivity contribution is 14.1. The first-order chi connectivity index (χ1) is 9.66. The molecule has 1 amide bonds. The molecule has 3 rings (SSSR count). The predicted octanol–water partition coefficient (Wildman–Crippen LogP) is 2.83. The number of carbonyl (C=O) groups is 1. The van der Waals surface area contributed by atoms with Crippen molar-refractivity contribution in [2.24, 2.45) is 5.73 Å². The highest BCUT2D eigenvalue weighted by Crippen LogP contribution is 2.32. The number of benzene rings is 1. The molecule has 0 bridgehead atoms. The van der Waals surface area contributed by atoms with Crippen molar-refractivity contribution < 1.29 is 4.79 Å². The molecule has 104 valence electrons. The van der Waals surface area contributed by atoms with Crippen molar-refractivity contribution in [1.82, 2.24) is 9.78 Å². The Hall–Kier alpha value is -1.57. The summed E-state index contributed by atoms with van der Waals surface area (Å²) in [5.41, 5.74) is 8.38. The second-order valence-electron chi connectivity index (χ2n) is 4.82. The Kier molecular flexibility index (Phi) is 3.64. The summed E-state index contributed by atoms with van der Waals surface area (Å²) in [6, 6.07) is 7.58. The van der Waals surface area contributed by atoms with Crippen LogP contribution >= 0.6 is 22.6 Å². The molecule has 1 aliphatic rings. The van der Waals surface area contributed by atoms with Gasteiger partial charge in [0.25, 0.3) is 0 Å². The first-order valence-electron chi connectivity index (χ1n) is 6.58. The van der Waals surface area contributed by atoms with Gasteiger partial charge in [0.1, 0.15) is 5.82 Å². The molecule has 2 heterocycles. The number of nitrogens with one attached hydrogen (secondary N) is 1. The molecular weight excluding hydrogens is 367 g/mol. The third kappa shape index (κ3) is 2.39. The average Bonchev–Trinajstić information content (AvgIpc) is 2.63. The smallest absolute Gasteiger partial charge is 0.341 e. The van der Waals surface area contributed by atoms with Crippen LogP contribution in [0.3, 0.4) is 0 Å². The van der Waals surface area contributed by atoms with Crippen LogP contribution in [0.2, 0.25) is 0 Å². The Balaban J connectivity index is 2.15. The zero-order chi connectivity index (χ0) is 14.1. The van der Waals surface area contributed by atoms with Crippen LogP contribution in [-0.4, -0.2) is 22.4 Å². The number of amides is 1. The number of nitrogens with zero attached hydrogens (tertiary/aromatic N) is 2. The molecule has 1 aromatic heterocycles. The van der Waals surface area contributed by atoms with Crippen LogP contribution in [0.4, 0.5) is 10.6 Å². The topological polar surface area (TPSA) is 72.9 Å². The van der Waals surface area contributed by atoms with Gasteiger partial charge in [-0.3, -0.25) is 0 Å². The van der Waals surface area contributed by atoms with Crippen molar-refractivity contribution >= 4 is 34.4 Å². The summed E-state index contributed by atoms with van der Waals surface area (Å²) < 4.78 is 2.46. The summed E-state index contributed by atoms with van der Waals surface area (Å²) in [7, 11) is 0. The molecule has 2 aromatic rings. The lowest BCUT2D eigenvalue weighted by molar-refractivity contribution is 0.248. The maximum absolute atomic E-state index is 11.6. The van der Waals surface area contributed by atoms with E-state index in [-0.39, 0.29) is 0 Å². The Bertz CT molecular complexity index is 648. The molecule has 20 heavy (non-hydrogen) atoms. The monoisotopic (exact) mass is 382 g/mol. The fourth-order valence-electron chi connectivity index (χ4n) is 2.50. The Morgan fingerprint density at radius 2 is 2.05 bits per heavy atom. The van der Waals surface area contributed by atoms with E-state index in [1.54, 1.807) is 0 Å². The fraction of sp³-hybridized carbons (Fsp3) is 0.286. The Labute approximate surface area is 130 Å². The lowest BCUT2D eigenvalue weighted by Crippen LogP contribution is -2.23. The van der Waals surface area contributed by atoms with E-state index >= 15 is 0 Å². The second kappa shape index (κ2) is 5.43.